The molecule has 0 heterocycles. The van der Waals surface area contributed by atoms with Gasteiger partial charge in [-0.2, -0.15) is 0 Å². The number of fused-ring (bicyclic) bond motifs is 1. The summed E-state index contributed by atoms with van der Waals surface area (Å²) in [5.41, 5.74) is 0. The molecule has 0 aromatic heterocycles. The van der Waals surface area contributed by atoms with Crippen molar-refractivity contribution in [1.29, 1.82) is 0 Å². The highest BCUT2D eigenvalue weighted by atomic mass is 16.5. The van der Waals surface area contributed by atoms with Crippen LogP contribution in [0.25, 0.3) is 0 Å². The van der Waals surface area contributed by atoms with Gasteiger partial charge in [-0.05, 0) is 31.1 Å². The molecule has 21 heavy (non-hydrogen) atoms. The molecule has 120 valence electrons. The van der Waals surface area contributed by atoms with E-state index in [-0.39, 0.29) is 24.8 Å². The second kappa shape index (κ2) is 7.78. The van der Waals surface area contributed by atoms with Crippen LogP contribution < -0.4 is 5.32 Å². The Kier molecular flexibility index (Phi) is 6.03. The molecule has 2 N–H and O–H groups in total. The van der Waals surface area contributed by atoms with Gasteiger partial charge >= 0.3 is 5.97 Å². The fourth-order valence-corrected chi connectivity index (χ4v) is 3.90. The summed E-state index contributed by atoms with van der Waals surface area (Å²) in [6.45, 7) is 0.284. The van der Waals surface area contributed by atoms with E-state index < -0.39 is 12.1 Å². The zero-order valence-electron chi connectivity index (χ0n) is 12.8. The quantitative estimate of drug-likeness (QED) is 0.788. The maximum absolute atomic E-state index is 12.3. The lowest BCUT2D eigenvalue weighted by Crippen LogP contribution is -2.41. The summed E-state index contributed by atoms with van der Waals surface area (Å²) in [6.07, 6.45) is 7.89. The van der Waals surface area contributed by atoms with Crippen molar-refractivity contribution in [2.75, 3.05) is 13.7 Å². The highest BCUT2D eigenvalue weighted by Crippen LogP contribution is 2.42. The van der Waals surface area contributed by atoms with Gasteiger partial charge in [-0.3, -0.25) is 9.59 Å². The molecule has 4 atom stereocenters. The van der Waals surface area contributed by atoms with E-state index >= 15 is 0 Å². The van der Waals surface area contributed by atoms with Gasteiger partial charge in [0.05, 0.1) is 12.5 Å². The molecular weight excluding hydrogens is 270 g/mol. The van der Waals surface area contributed by atoms with Crippen molar-refractivity contribution in [3.05, 3.63) is 0 Å². The summed E-state index contributed by atoms with van der Waals surface area (Å²) in [5, 5.41) is 11.6. The van der Waals surface area contributed by atoms with Crippen LogP contribution in [-0.2, 0) is 14.3 Å². The number of hydrogen-bond acceptors (Lipinski definition) is 3. The highest BCUT2D eigenvalue weighted by molar-refractivity contribution is 5.78. The van der Waals surface area contributed by atoms with Gasteiger partial charge in [0.2, 0.25) is 5.91 Å². The number of ether oxygens (including phenoxy) is 1. The lowest BCUT2D eigenvalue weighted by molar-refractivity contribution is -0.140. The first-order valence-corrected chi connectivity index (χ1v) is 8.12. The highest BCUT2D eigenvalue weighted by Gasteiger charge is 2.35. The molecule has 0 aromatic rings. The molecule has 2 rings (SSSR count). The Balaban J connectivity index is 1.76. The number of hydrogen-bond donors (Lipinski definition) is 2. The second-order valence-corrected chi connectivity index (χ2v) is 6.52. The monoisotopic (exact) mass is 297 g/mol. The van der Waals surface area contributed by atoms with Crippen molar-refractivity contribution in [3.63, 3.8) is 0 Å². The Labute approximate surface area is 126 Å². The zero-order chi connectivity index (χ0) is 15.2. The minimum atomic E-state index is -0.904. The van der Waals surface area contributed by atoms with Crippen LogP contribution in [0.15, 0.2) is 0 Å². The summed E-state index contributed by atoms with van der Waals surface area (Å²) in [4.78, 5) is 22.9. The van der Waals surface area contributed by atoms with Crippen LogP contribution >= 0.6 is 0 Å². The predicted molar refractivity (Wildman–Crippen MR) is 78.8 cm³/mol. The maximum Gasteiger partial charge on any atom is 0.306 e. The first kappa shape index (κ1) is 16.3. The van der Waals surface area contributed by atoms with Crippen molar-refractivity contribution in [1.82, 2.24) is 5.32 Å². The molecular formula is C16H27NO4. The fourth-order valence-electron chi connectivity index (χ4n) is 3.90. The molecule has 4 unspecified atom stereocenters. The molecule has 0 bridgehead atoms. The van der Waals surface area contributed by atoms with E-state index in [1.54, 1.807) is 0 Å². The molecule has 5 nitrogen and oxygen atoms in total. The van der Waals surface area contributed by atoms with Crippen molar-refractivity contribution in [3.8, 4) is 0 Å². The molecule has 2 aliphatic carbocycles. The van der Waals surface area contributed by atoms with Crippen LogP contribution in [0.3, 0.4) is 0 Å². The van der Waals surface area contributed by atoms with Gasteiger partial charge < -0.3 is 15.2 Å². The number of amides is 1. The van der Waals surface area contributed by atoms with E-state index in [0.29, 0.717) is 0 Å². The van der Waals surface area contributed by atoms with Gasteiger partial charge in [0.15, 0.2) is 0 Å². The van der Waals surface area contributed by atoms with E-state index in [4.69, 9.17) is 9.84 Å². The van der Waals surface area contributed by atoms with Gasteiger partial charge in [-0.25, -0.2) is 0 Å². The molecule has 0 aromatic carbocycles. The molecule has 0 spiro atoms. The van der Waals surface area contributed by atoms with Gasteiger partial charge in [0.25, 0.3) is 0 Å². The minimum Gasteiger partial charge on any atom is -0.481 e. The SMILES string of the molecule is COC(CNC(=O)C1CCC2CCCCC2C1)CC(=O)O. The van der Waals surface area contributed by atoms with Crippen LogP contribution in [0.4, 0.5) is 0 Å². The van der Waals surface area contributed by atoms with Crippen molar-refractivity contribution >= 4 is 11.9 Å². The van der Waals surface area contributed by atoms with E-state index in [2.05, 4.69) is 5.32 Å². The molecule has 0 saturated heterocycles. The van der Waals surface area contributed by atoms with E-state index in [0.717, 1.165) is 24.7 Å². The minimum absolute atomic E-state index is 0.0754. The maximum atomic E-state index is 12.3. The Morgan fingerprint density at radius 3 is 2.57 bits per heavy atom. The summed E-state index contributed by atoms with van der Waals surface area (Å²) in [6, 6.07) is 0. The topological polar surface area (TPSA) is 75.6 Å². The van der Waals surface area contributed by atoms with Crippen molar-refractivity contribution < 1.29 is 19.4 Å². The third kappa shape index (κ3) is 4.70. The molecule has 1 amide bonds. The van der Waals surface area contributed by atoms with Crippen molar-refractivity contribution in [2.24, 2.45) is 17.8 Å². The number of nitrogens with one attached hydrogen (secondary N) is 1. The number of carboxylic acid groups (broad SMARTS) is 1. The number of carboxylic acids is 1. The zero-order valence-corrected chi connectivity index (χ0v) is 12.8. The third-order valence-corrected chi connectivity index (χ3v) is 5.15. The van der Waals surface area contributed by atoms with E-state index in [1.807, 2.05) is 0 Å². The largest absolute Gasteiger partial charge is 0.481 e. The lowest BCUT2D eigenvalue weighted by atomic mass is 9.67. The molecule has 2 saturated carbocycles. The molecule has 2 fully saturated rings. The number of carbonyl (C=O) groups excluding carboxylic acids is 1. The summed E-state index contributed by atoms with van der Waals surface area (Å²) in [7, 11) is 1.48. The summed E-state index contributed by atoms with van der Waals surface area (Å²) in [5.74, 6) is 0.832. The normalized spacial score (nSPS) is 30.2. The Bertz CT molecular complexity index is 371. The van der Waals surface area contributed by atoms with Crippen LogP contribution in [-0.4, -0.2) is 36.7 Å². The summed E-state index contributed by atoms with van der Waals surface area (Å²) < 4.78 is 5.09. The molecule has 0 radical (unpaired) electrons. The van der Waals surface area contributed by atoms with Crippen LogP contribution in [0.2, 0.25) is 0 Å². The van der Waals surface area contributed by atoms with Crippen LogP contribution in [0.1, 0.15) is 51.4 Å². The smallest absolute Gasteiger partial charge is 0.306 e. The Hall–Kier alpha value is -1.10. The second-order valence-electron chi connectivity index (χ2n) is 6.52. The predicted octanol–water partition coefficient (Wildman–Crippen LogP) is 2.20. The third-order valence-electron chi connectivity index (χ3n) is 5.15. The number of rotatable bonds is 6. The molecule has 5 heteroatoms. The fraction of sp³-hybridized carbons (Fsp3) is 0.875. The van der Waals surface area contributed by atoms with Gasteiger partial charge in [-0.1, -0.05) is 25.7 Å². The van der Waals surface area contributed by atoms with Crippen LogP contribution in [0.5, 0.6) is 0 Å². The Morgan fingerprint density at radius 1 is 1.19 bits per heavy atom. The van der Waals surface area contributed by atoms with Gasteiger partial charge in [0, 0.05) is 19.6 Å². The molecule has 2 aliphatic rings. The average molecular weight is 297 g/mol. The van der Waals surface area contributed by atoms with Gasteiger partial charge in [-0.15, -0.1) is 0 Å². The molecule has 0 aliphatic heterocycles. The van der Waals surface area contributed by atoms with E-state index in [9.17, 15) is 9.59 Å². The first-order valence-electron chi connectivity index (χ1n) is 8.12. The van der Waals surface area contributed by atoms with Crippen molar-refractivity contribution in [2.45, 2.75) is 57.5 Å². The Morgan fingerprint density at radius 2 is 1.90 bits per heavy atom. The number of carbonyl (C=O) groups is 2. The van der Waals surface area contributed by atoms with Crippen LogP contribution in [0, 0.1) is 17.8 Å². The number of aliphatic carboxylic acids is 1. The summed E-state index contributed by atoms with van der Waals surface area (Å²) >= 11 is 0. The lowest BCUT2D eigenvalue weighted by Gasteiger charge is -2.38. The van der Waals surface area contributed by atoms with Gasteiger partial charge in [0.1, 0.15) is 0 Å². The first-order chi connectivity index (χ1) is 10.1. The number of methoxy groups -OCH3 is 1. The van der Waals surface area contributed by atoms with E-state index in [1.165, 1.54) is 39.2 Å². The average Bonchev–Trinajstić information content (AvgIpc) is 2.50. The standard InChI is InChI=1S/C16H27NO4/c1-21-14(9-15(18)19)10-17-16(20)13-7-6-11-4-2-3-5-12(11)8-13/h11-14H,2-10H2,1H3,(H,17,20)(H,18,19).